The summed E-state index contributed by atoms with van der Waals surface area (Å²) < 4.78 is 0. The molecule has 0 spiro atoms. The van der Waals surface area contributed by atoms with E-state index in [1.807, 2.05) is 6.92 Å². The zero-order valence-corrected chi connectivity index (χ0v) is 18.7. The molecule has 0 unspecified atom stereocenters. The van der Waals surface area contributed by atoms with Crippen molar-refractivity contribution in [2.45, 2.75) is 25.2 Å². The van der Waals surface area contributed by atoms with Gasteiger partial charge in [0.1, 0.15) is 34.5 Å². The Balaban J connectivity index is 1.95. The molecule has 0 radical (unpaired) electrons. The molecule has 1 aliphatic rings. The lowest BCUT2D eigenvalue weighted by Gasteiger charge is -2.37. The van der Waals surface area contributed by atoms with Gasteiger partial charge in [-0.3, -0.25) is 9.59 Å². The Labute approximate surface area is 200 Å². The normalized spacial score (nSPS) is 19.7. The summed E-state index contributed by atoms with van der Waals surface area (Å²) >= 11 is 0. The van der Waals surface area contributed by atoms with Gasteiger partial charge in [-0.25, -0.2) is 0 Å². The van der Waals surface area contributed by atoms with Crippen LogP contribution in [0, 0.1) is 5.92 Å². The van der Waals surface area contributed by atoms with Crippen LogP contribution in [0.15, 0.2) is 60.2 Å². The fourth-order valence-electron chi connectivity index (χ4n) is 4.86. The summed E-state index contributed by atoms with van der Waals surface area (Å²) in [5.74, 6) is -4.72. The van der Waals surface area contributed by atoms with Gasteiger partial charge >= 0.3 is 0 Å². The number of phenols is 6. The first-order valence-corrected chi connectivity index (χ1v) is 10.9. The van der Waals surface area contributed by atoms with E-state index < -0.39 is 35.0 Å². The van der Waals surface area contributed by atoms with Gasteiger partial charge in [-0.2, -0.15) is 0 Å². The van der Waals surface area contributed by atoms with E-state index in [0.717, 1.165) is 17.7 Å². The molecular formula is C27H24O8. The summed E-state index contributed by atoms with van der Waals surface area (Å²) in [6, 6.07) is 10.0. The molecular weight excluding hydrogens is 452 g/mol. The van der Waals surface area contributed by atoms with Gasteiger partial charge in [0.15, 0.2) is 12.1 Å². The number of allylic oxidation sites excluding steroid dienone is 2. The molecule has 8 heteroatoms. The van der Waals surface area contributed by atoms with E-state index in [4.69, 9.17) is 0 Å². The number of ketones is 1. The number of phenolic OH excluding ortho intramolecular Hbond substituents is 6. The summed E-state index contributed by atoms with van der Waals surface area (Å²) in [5, 5.41) is 61.1. The predicted octanol–water partition coefficient (Wildman–Crippen LogP) is 4.45. The Morgan fingerprint density at radius 1 is 0.800 bits per heavy atom. The van der Waals surface area contributed by atoms with E-state index in [-0.39, 0.29) is 39.7 Å². The highest BCUT2D eigenvalue weighted by atomic mass is 16.3. The molecule has 6 N–H and O–H groups in total. The second-order valence-corrected chi connectivity index (χ2v) is 8.77. The molecule has 0 bridgehead atoms. The van der Waals surface area contributed by atoms with E-state index in [0.29, 0.717) is 18.3 Å². The quantitative estimate of drug-likeness (QED) is 0.179. The largest absolute Gasteiger partial charge is 0.508 e. The molecule has 3 aromatic rings. The van der Waals surface area contributed by atoms with E-state index >= 15 is 0 Å². The first-order chi connectivity index (χ1) is 16.6. The van der Waals surface area contributed by atoms with Gasteiger partial charge in [-0.05, 0) is 43.2 Å². The van der Waals surface area contributed by atoms with Gasteiger partial charge in [-0.15, -0.1) is 0 Å². The lowest BCUT2D eigenvalue weighted by atomic mass is 9.65. The minimum Gasteiger partial charge on any atom is -0.508 e. The van der Waals surface area contributed by atoms with Gasteiger partial charge in [0, 0.05) is 41.5 Å². The van der Waals surface area contributed by atoms with Gasteiger partial charge in [-0.1, -0.05) is 17.7 Å². The maximum absolute atomic E-state index is 13.9. The van der Waals surface area contributed by atoms with Crippen molar-refractivity contribution >= 4 is 12.1 Å². The van der Waals surface area contributed by atoms with Gasteiger partial charge in [0.25, 0.3) is 0 Å². The fraction of sp³-hybridized carbons (Fsp3) is 0.185. The molecule has 0 amide bonds. The van der Waals surface area contributed by atoms with Crippen LogP contribution in [-0.4, -0.2) is 42.7 Å². The summed E-state index contributed by atoms with van der Waals surface area (Å²) in [6.07, 6.45) is 2.56. The summed E-state index contributed by atoms with van der Waals surface area (Å²) in [7, 11) is 0. The smallest absolute Gasteiger partial charge is 0.171 e. The lowest BCUT2D eigenvalue weighted by molar-refractivity contribution is 0.0877. The van der Waals surface area contributed by atoms with Crippen molar-refractivity contribution in [2.75, 3.05) is 0 Å². The predicted molar refractivity (Wildman–Crippen MR) is 126 cm³/mol. The maximum atomic E-state index is 13.9. The number of aromatic hydroxyl groups is 6. The topological polar surface area (TPSA) is 156 Å². The molecule has 0 saturated carbocycles. The zero-order valence-electron chi connectivity index (χ0n) is 18.7. The molecule has 0 heterocycles. The zero-order chi connectivity index (χ0) is 25.4. The Morgan fingerprint density at radius 3 is 2.06 bits per heavy atom. The first kappa shape index (κ1) is 23.7. The molecule has 8 nitrogen and oxygen atoms in total. The highest BCUT2D eigenvalue weighted by molar-refractivity contribution is 6.02. The summed E-state index contributed by atoms with van der Waals surface area (Å²) in [4.78, 5) is 25.4. The van der Waals surface area contributed by atoms with Crippen molar-refractivity contribution in [1.82, 2.24) is 0 Å². The number of Topliss-reactive ketones (excluding diaryl/α,β-unsaturated/α-hetero) is 1. The molecule has 0 aliphatic heterocycles. The number of aldehydes is 1. The Bertz CT molecular complexity index is 1360. The monoisotopic (exact) mass is 476 g/mol. The van der Waals surface area contributed by atoms with Crippen LogP contribution >= 0.6 is 0 Å². The third-order valence-corrected chi connectivity index (χ3v) is 6.45. The molecule has 3 aromatic carbocycles. The molecule has 1 aliphatic carbocycles. The van der Waals surface area contributed by atoms with E-state index in [1.165, 1.54) is 36.4 Å². The molecule has 4 rings (SSSR count). The molecule has 0 aromatic heterocycles. The Kier molecular flexibility index (Phi) is 6.13. The average molecular weight is 476 g/mol. The van der Waals surface area contributed by atoms with Crippen LogP contribution in [0.1, 0.15) is 57.0 Å². The molecule has 35 heavy (non-hydrogen) atoms. The number of hydrogen-bond acceptors (Lipinski definition) is 8. The third kappa shape index (κ3) is 4.38. The molecule has 0 fully saturated rings. The van der Waals surface area contributed by atoms with E-state index in [1.54, 1.807) is 6.08 Å². The molecule has 180 valence electrons. The van der Waals surface area contributed by atoms with Crippen LogP contribution in [-0.2, 0) is 0 Å². The van der Waals surface area contributed by atoms with Gasteiger partial charge < -0.3 is 30.6 Å². The van der Waals surface area contributed by atoms with Crippen LogP contribution in [0.4, 0.5) is 0 Å². The number of benzene rings is 3. The maximum Gasteiger partial charge on any atom is 0.171 e. The third-order valence-electron chi connectivity index (χ3n) is 6.45. The number of carbonyl (C=O) groups is 2. The van der Waals surface area contributed by atoms with Gasteiger partial charge in [0.05, 0.1) is 11.1 Å². The summed E-state index contributed by atoms with van der Waals surface area (Å²) in [6.45, 7) is 1.83. The van der Waals surface area contributed by atoms with Crippen LogP contribution < -0.4 is 0 Å². The molecule has 3 atom stereocenters. The minimum atomic E-state index is -0.973. The summed E-state index contributed by atoms with van der Waals surface area (Å²) in [5.41, 5.74) is 1.29. The second kappa shape index (κ2) is 9.06. The fourth-order valence-corrected chi connectivity index (χ4v) is 4.86. The van der Waals surface area contributed by atoms with E-state index in [2.05, 4.69) is 0 Å². The second-order valence-electron chi connectivity index (χ2n) is 8.77. The number of rotatable bonds is 5. The van der Waals surface area contributed by atoms with Crippen LogP contribution in [0.25, 0.3) is 0 Å². The van der Waals surface area contributed by atoms with Crippen LogP contribution in [0.2, 0.25) is 0 Å². The van der Waals surface area contributed by atoms with E-state index in [9.17, 15) is 40.2 Å². The van der Waals surface area contributed by atoms with Crippen molar-refractivity contribution in [3.05, 3.63) is 82.4 Å². The van der Waals surface area contributed by atoms with Crippen LogP contribution in [0.3, 0.4) is 0 Å². The van der Waals surface area contributed by atoms with Crippen molar-refractivity contribution in [1.29, 1.82) is 0 Å². The van der Waals surface area contributed by atoms with Crippen LogP contribution in [0.5, 0.6) is 34.5 Å². The number of hydrogen-bond donors (Lipinski definition) is 6. The Morgan fingerprint density at radius 2 is 1.43 bits per heavy atom. The number of carbonyl (C=O) groups excluding carboxylic acids is 2. The van der Waals surface area contributed by atoms with Gasteiger partial charge in [0.2, 0.25) is 0 Å². The van der Waals surface area contributed by atoms with Crippen molar-refractivity contribution in [3.63, 3.8) is 0 Å². The van der Waals surface area contributed by atoms with Crippen molar-refractivity contribution in [2.24, 2.45) is 5.92 Å². The minimum absolute atomic E-state index is 0.0668. The Hall–Kier alpha value is -4.46. The average Bonchev–Trinajstić information content (AvgIpc) is 2.78. The molecule has 0 saturated heterocycles. The van der Waals surface area contributed by atoms with Crippen molar-refractivity contribution in [3.8, 4) is 34.5 Å². The van der Waals surface area contributed by atoms with Crippen molar-refractivity contribution < 1.29 is 40.2 Å². The SMILES string of the molecule is CC1=C[C@H](c2cc(C=O)c(O)cc2O)[C@H](C(=O)c2ccc(O)cc2O)[C@H](c2ccc(O)cc2O)C1. The highest BCUT2D eigenvalue weighted by Crippen LogP contribution is 2.51. The highest BCUT2D eigenvalue weighted by Gasteiger charge is 2.42. The first-order valence-electron chi connectivity index (χ1n) is 10.9. The lowest BCUT2D eigenvalue weighted by Crippen LogP contribution is -2.31. The standard InChI is InChI=1S/C27H24O8/c1-13-6-20(17-4-2-15(29)9-23(17)32)26(27(35)18-5-3-16(30)10-24(18)33)21(7-13)19-8-14(12-28)22(31)11-25(19)34/h2-5,7-12,20-21,26,29-34H,6H2,1H3/t20-,21+,26+/m0/s1.